The van der Waals surface area contributed by atoms with Gasteiger partial charge in [-0.3, -0.25) is 36.4 Å². The summed E-state index contributed by atoms with van der Waals surface area (Å²) in [5, 5.41) is 75.3. The van der Waals surface area contributed by atoms with Crippen LogP contribution in [0.25, 0.3) is 32.3 Å². The SMILES string of the molecule is Nc1c(N=Nc2ccc3c(O)c(N=Nc4ccc(S(=O)(=O)O)cc4C(=O)O)c(S(=O)(=O)O)cc3c2S(=O)(=O)O)cc(S(=O)(=O)O)c2cc(S(=O)(=O)O)c(N=Nc3ccc4c(O)c(N=Nc5ccc(S(=O)(=O)O)cc5C(=O)O)c(S(=O)(=O)O)cc4c3S(=O)(=O)O)c(O)c12. The molecule has 15 N–H and O–H groups in total. The van der Waals surface area contributed by atoms with Crippen molar-refractivity contribution >= 4 is 176 Å². The van der Waals surface area contributed by atoms with Crippen LogP contribution in [0.5, 0.6) is 17.2 Å². The maximum atomic E-state index is 13.1. The molecule has 0 radical (unpaired) electrons. The number of benzene rings is 8. The first-order valence-corrected chi connectivity index (χ1v) is 34.5. The minimum absolute atomic E-state index is 0.148. The highest BCUT2D eigenvalue weighted by Gasteiger charge is 2.33. The van der Waals surface area contributed by atoms with Crippen LogP contribution in [-0.4, -0.2) is 141 Å². The lowest BCUT2D eigenvalue weighted by Crippen LogP contribution is -2.05. The van der Waals surface area contributed by atoms with E-state index in [9.17, 15) is 139 Å². The van der Waals surface area contributed by atoms with Crippen molar-refractivity contribution in [3.8, 4) is 17.2 Å². The summed E-state index contributed by atoms with van der Waals surface area (Å²) in [4.78, 5) is 12.5. The molecule has 0 atom stereocenters. The molecular formula is C44H29N9O31S8. The Morgan fingerprint density at radius 1 is 0.315 bits per heavy atom. The van der Waals surface area contributed by atoms with Crippen LogP contribution < -0.4 is 5.73 Å². The van der Waals surface area contributed by atoms with Gasteiger partial charge in [0.15, 0.2) is 17.2 Å². The van der Waals surface area contributed by atoms with Gasteiger partial charge < -0.3 is 31.3 Å². The molecule has 40 nitrogen and oxygen atoms in total. The van der Waals surface area contributed by atoms with E-state index in [-0.39, 0.29) is 24.3 Å². The number of aromatic hydroxyl groups is 3. The van der Waals surface area contributed by atoms with Crippen LogP contribution in [0.2, 0.25) is 0 Å². The van der Waals surface area contributed by atoms with E-state index in [1.54, 1.807) is 0 Å². The summed E-state index contributed by atoms with van der Waals surface area (Å²) in [6, 6.07) is 6.55. The zero-order valence-electron chi connectivity index (χ0n) is 43.7. The number of carboxylic acids is 2. The molecule has 0 aromatic heterocycles. The molecule has 8 aromatic rings. The summed E-state index contributed by atoms with van der Waals surface area (Å²) in [7, 11) is -44.9. The monoisotopic (exact) mass is 1430 g/mol. The average molecular weight is 1440 g/mol. The van der Waals surface area contributed by atoms with Gasteiger partial charge in [0.1, 0.15) is 74.9 Å². The molecule has 8 aromatic carbocycles. The molecule has 0 saturated carbocycles. The van der Waals surface area contributed by atoms with Crippen molar-refractivity contribution in [3.05, 3.63) is 96.1 Å². The van der Waals surface area contributed by atoms with Crippen LogP contribution in [0, 0.1) is 0 Å². The fraction of sp³-hybridized carbons (Fsp3) is 0. The number of rotatable bonds is 18. The van der Waals surface area contributed by atoms with Gasteiger partial charge in [-0.2, -0.15) is 67.3 Å². The van der Waals surface area contributed by atoms with E-state index in [0.717, 1.165) is 0 Å². The number of nitrogens with two attached hydrogens (primary N) is 1. The van der Waals surface area contributed by atoms with Gasteiger partial charge in [0.25, 0.3) is 80.9 Å². The zero-order valence-corrected chi connectivity index (χ0v) is 50.2. The first kappa shape index (κ1) is 68.3. The third-order valence-corrected chi connectivity index (χ3v) is 19.4. The van der Waals surface area contributed by atoms with E-state index >= 15 is 0 Å². The number of fused-ring (bicyclic) bond motifs is 3. The Kier molecular flexibility index (Phi) is 17.2. The van der Waals surface area contributed by atoms with Gasteiger partial charge in [0.05, 0.1) is 32.0 Å². The van der Waals surface area contributed by atoms with Gasteiger partial charge in [0.2, 0.25) is 0 Å². The predicted octanol–water partition coefficient (Wildman–Crippen LogP) is 6.88. The Morgan fingerprint density at radius 2 is 0.620 bits per heavy atom. The normalized spacial score (nSPS) is 13.4. The molecule has 0 heterocycles. The minimum atomic E-state index is -5.89. The summed E-state index contributed by atoms with van der Waals surface area (Å²) in [5.74, 6) is -8.38. The van der Waals surface area contributed by atoms with Crippen molar-refractivity contribution in [2.75, 3.05) is 5.73 Å². The van der Waals surface area contributed by atoms with E-state index in [0.29, 0.717) is 60.7 Å². The number of anilines is 1. The Morgan fingerprint density at radius 3 is 0.946 bits per heavy atom. The van der Waals surface area contributed by atoms with Crippen molar-refractivity contribution in [2.24, 2.45) is 40.9 Å². The van der Waals surface area contributed by atoms with E-state index in [2.05, 4.69) is 40.9 Å². The molecule has 484 valence electrons. The number of nitrogen functional groups attached to an aromatic ring is 1. The highest BCUT2D eigenvalue weighted by Crippen LogP contribution is 2.51. The van der Waals surface area contributed by atoms with E-state index in [4.69, 9.17) is 5.73 Å². The number of phenols is 3. The zero-order chi connectivity index (χ0) is 68.9. The maximum Gasteiger partial charge on any atom is 0.338 e. The number of nitrogens with zero attached hydrogens (tertiary/aromatic N) is 8. The van der Waals surface area contributed by atoms with Crippen LogP contribution >= 0.6 is 0 Å². The topological polar surface area (TPSA) is 695 Å². The molecule has 0 unspecified atom stereocenters. The van der Waals surface area contributed by atoms with Crippen molar-refractivity contribution in [1.29, 1.82) is 0 Å². The largest absolute Gasteiger partial charge is 0.505 e. The quantitative estimate of drug-likeness (QED) is 0.0236. The van der Waals surface area contributed by atoms with E-state index in [1.165, 1.54) is 0 Å². The Balaban J connectivity index is 1.31. The highest BCUT2D eigenvalue weighted by molar-refractivity contribution is 7.88. The molecule has 0 spiro atoms. The third-order valence-electron chi connectivity index (χ3n) is 12.3. The van der Waals surface area contributed by atoms with Crippen LogP contribution in [-0.2, 0) is 80.9 Å². The summed E-state index contributed by atoms with van der Waals surface area (Å²) in [6.07, 6.45) is 0. The maximum absolute atomic E-state index is 13.1. The first-order chi connectivity index (χ1) is 42.0. The number of hydrogen-bond donors (Lipinski definition) is 14. The number of azo groups is 4. The summed E-state index contributed by atoms with van der Waals surface area (Å²) >= 11 is 0. The smallest absolute Gasteiger partial charge is 0.338 e. The molecule has 0 amide bonds. The van der Waals surface area contributed by atoms with Crippen LogP contribution in [0.3, 0.4) is 0 Å². The molecule has 92 heavy (non-hydrogen) atoms. The molecule has 0 bridgehead atoms. The van der Waals surface area contributed by atoms with Gasteiger partial charge in [0, 0.05) is 26.9 Å². The fourth-order valence-electron chi connectivity index (χ4n) is 8.44. The highest BCUT2D eigenvalue weighted by atomic mass is 32.2. The molecule has 0 aliphatic carbocycles. The Bertz CT molecular complexity index is 5810. The number of carbonyl (C=O) groups is 2. The molecule has 0 aliphatic heterocycles. The fourth-order valence-corrected chi connectivity index (χ4v) is 13.7. The van der Waals surface area contributed by atoms with Gasteiger partial charge in [-0.25, -0.2) is 9.59 Å². The molecule has 0 aliphatic rings. The second kappa shape index (κ2) is 23.2. The second-order valence-corrected chi connectivity index (χ2v) is 29.2. The number of phenolic OH excluding ortho intramolecular Hbond substituents is 3. The van der Waals surface area contributed by atoms with Crippen molar-refractivity contribution in [1.82, 2.24) is 0 Å². The van der Waals surface area contributed by atoms with Gasteiger partial charge in [-0.05, 0) is 84.9 Å². The lowest BCUT2D eigenvalue weighted by atomic mass is 10.0. The van der Waals surface area contributed by atoms with Crippen LogP contribution in [0.1, 0.15) is 20.7 Å². The lowest BCUT2D eigenvalue weighted by molar-refractivity contribution is 0.0686. The summed E-state index contributed by atoms with van der Waals surface area (Å²) in [5.41, 5.74) is -6.06. The van der Waals surface area contributed by atoms with Crippen molar-refractivity contribution in [3.63, 3.8) is 0 Å². The van der Waals surface area contributed by atoms with Gasteiger partial charge in [-0.1, -0.05) is 0 Å². The second-order valence-electron chi connectivity index (χ2n) is 18.0. The Hall–Kier alpha value is -9.64. The molecule has 8 rings (SSSR count). The van der Waals surface area contributed by atoms with E-state index in [1.807, 2.05) is 0 Å². The summed E-state index contributed by atoms with van der Waals surface area (Å²) in [6.45, 7) is 0. The minimum Gasteiger partial charge on any atom is -0.505 e. The van der Waals surface area contributed by atoms with Crippen molar-refractivity contribution in [2.45, 2.75) is 39.2 Å². The first-order valence-electron chi connectivity index (χ1n) is 23.0. The third kappa shape index (κ3) is 13.4. The van der Waals surface area contributed by atoms with Crippen molar-refractivity contribution < 1.29 is 139 Å². The number of hydrogen-bond acceptors (Lipinski definition) is 30. The van der Waals surface area contributed by atoms with Gasteiger partial charge >= 0.3 is 11.9 Å². The molecule has 0 fully saturated rings. The number of aromatic carboxylic acids is 2. The van der Waals surface area contributed by atoms with Crippen LogP contribution in [0.15, 0.2) is 165 Å². The van der Waals surface area contributed by atoms with Crippen LogP contribution in [0.4, 0.5) is 51.2 Å². The molecule has 0 saturated heterocycles. The average Bonchev–Trinajstić information content (AvgIpc) is 0.753. The number of carboxylic acid groups (broad SMARTS) is 2. The van der Waals surface area contributed by atoms with E-state index < -0.39 is 244 Å². The predicted molar refractivity (Wildman–Crippen MR) is 303 cm³/mol. The summed E-state index contributed by atoms with van der Waals surface area (Å²) < 4.78 is 282. The van der Waals surface area contributed by atoms with Gasteiger partial charge in [-0.15, -0.1) is 40.9 Å². The Labute approximate surface area is 511 Å². The lowest BCUT2D eigenvalue weighted by Gasteiger charge is -2.15. The molecule has 48 heteroatoms. The standard InChI is InChI=1S/C44H29N9O31S8/c45-34-28(50-48-26-7-3-17-19(41(26)91(79,80)81)11-30(88(70,71)72)35(38(17)54)51-46-24-5-1-15(85(61,62)63)9-21(24)43(57)58)14-29(87(67,68)69)23-13-32(90(76,77)78)37(40(56)33(23)34)53-49-27-8-4-18-20(42(27)92(82,83)84)12-31(89(73,74)75)36(39(18)55)52-47-25-6-2-16(86(64,65)66)10-22(25)44(59)60/h1-14,54-56H,45H2,(H,57,58)(H,59,60)(H,61,62,63)(H,64,65,66)(H,67,68,69)(H,70,71,72)(H,73,74,75)(H,76,77,78)(H,79,80,81)(H,82,83,84). The molecular weight excluding hydrogens is 1410 g/mol.